The standard InChI is InChI=1S/C18H13ClF4N2O2/c1-2-27-17(26)16-8-11-14(24-10-3-4-13(20)12(19)7-10)5-9(18(21,22)23)6-15(11)25-16/h3-8,24-25H,2H2,1H3. The second-order valence-corrected chi connectivity index (χ2v) is 6.05. The molecule has 0 amide bonds. The highest BCUT2D eigenvalue weighted by molar-refractivity contribution is 6.31. The minimum atomic E-state index is -4.60. The van der Waals surface area contributed by atoms with Crippen molar-refractivity contribution in [3.63, 3.8) is 0 Å². The molecule has 0 saturated heterocycles. The van der Waals surface area contributed by atoms with Crippen LogP contribution < -0.4 is 5.32 Å². The summed E-state index contributed by atoms with van der Waals surface area (Å²) in [5.74, 6) is -1.33. The third kappa shape index (κ3) is 4.00. The molecule has 1 heterocycles. The molecule has 3 aromatic rings. The number of H-pyrrole nitrogens is 1. The van der Waals surface area contributed by atoms with Crippen molar-refractivity contribution in [2.24, 2.45) is 0 Å². The molecule has 0 saturated carbocycles. The summed E-state index contributed by atoms with van der Waals surface area (Å²) in [6.07, 6.45) is -4.60. The quantitative estimate of drug-likeness (QED) is 0.423. The normalized spacial score (nSPS) is 11.6. The number of aromatic amines is 1. The number of halogens is 5. The monoisotopic (exact) mass is 400 g/mol. The van der Waals surface area contributed by atoms with Gasteiger partial charge in [0, 0.05) is 22.3 Å². The van der Waals surface area contributed by atoms with Gasteiger partial charge in [0.25, 0.3) is 0 Å². The number of hydrogen-bond acceptors (Lipinski definition) is 3. The summed E-state index contributed by atoms with van der Waals surface area (Å²) in [6, 6.07) is 6.88. The average Bonchev–Trinajstić information content (AvgIpc) is 3.02. The van der Waals surface area contributed by atoms with Crippen molar-refractivity contribution in [1.82, 2.24) is 4.98 Å². The molecule has 0 fully saturated rings. The van der Waals surface area contributed by atoms with E-state index in [-0.39, 0.29) is 28.5 Å². The van der Waals surface area contributed by atoms with Crippen LogP contribution in [0.25, 0.3) is 10.9 Å². The fourth-order valence-corrected chi connectivity index (χ4v) is 2.73. The average molecular weight is 401 g/mol. The zero-order valence-electron chi connectivity index (χ0n) is 13.9. The molecule has 4 nitrogen and oxygen atoms in total. The number of hydrogen-bond donors (Lipinski definition) is 2. The van der Waals surface area contributed by atoms with Crippen molar-refractivity contribution in [3.8, 4) is 0 Å². The van der Waals surface area contributed by atoms with Crippen LogP contribution in [-0.4, -0.2) is 17.6 Å². The van der Waals surface area contributed by atoms with Crippen molar-refractivity contribution in [2.45, 2.75) is 13.1 Å². The Morgan fingerprint density at radius 1 is 1.22 bits per heavy atom. The molecule has 1 aromatic heterocycles. The Labute approximate surface area is 156 Å². The van der Waals surface area contributed by atoms with Gasteiger partial charge in [0.15, 0.2) is 0 Å². The van der Waals surface area contributed by atoms with Gasteiger partial charge in [-0.05, 0) is 43.3 Å². The first-order chi connectivity index (χ1) is 12.7. The molecule has 0 bridgehead atoms. The summed E-state index contributed by atoms with van der Waals surface area (Å²) >= 11 is 5.72. The van der Waals surface area contributed by atoms with Crippen LogP contribution in [0.2, 0.25) is 5.02 Å². The predicted octanol–water partition coefficient (Wildman–Crippen LogP) is 5.90. The van der Waals surface area contributed by atoms with Crippen LogP contribution >= 0.6 is 11.6 Å². The summed E-state index contributed by atoms with van der Waals surface area (Å²) in [4.78, 5) is 14.5. The lowest BCUT2D eigenvalue weighted by molar-refractivity contribution is -0.137. The smallest absolute Gasteiger partial charge is 0.416 e. The van der Waals surface area contributed by atoms with Crippen molar-refractivity contribution in [3.05, 3.63) is 58.5 Å². The van der Waals surface area contributed by atoms with Crippen LogP contribution in [0.15, 0.2) is 36.4 Å². The van der Waals surface area contributed by atoms with Crippen molar-refractivity contribution in [1.29, 1.82) is 0 Å². The fourth-order valence-electron chi connectivity index (χ4n) is 2.55. The van der Waals surface area contributed by atoms with Gasteiger partial charge in [-0.1, -0.05) is 11.6 Å². The fraction of sp³-hybridized carbons (Fsp3) is 0.167. The van der Waals surface area contributed by atoms with E-state index in [2.05, 4.69) is 10.3 Å². The van der Waals surface area contributed by atoms with E-state index >= 15 is 0 Å². The number of ether oxygens (including phenoxy) is 1. The number of anilines is 2. The molecule has 0 aliphatic heterocycles. The number of aromatic nitrogens is 1. The number of esters is 1. The van der Waals surface area contributed by atoms with Crippen LogP contribution in [0.5, 0.6) is 0 Å². The van der Waals surface area contributed by atoms with Gasteiger partial charge in [0.2, 0.25) is 0 Å². The lowest BCUT2D eigenvalue weighted by Crippen LogP contribution is -2.06. The minimum absolute atomic E-state index is 0.0198. The molecule has 2 aromatic carbocycles. The Hall–Kier alpha value is -2.74. The number of alkyl halides is 3. The van der Waals surface area contributed by atoms with E-state index in [0.29, 0.717) is 11.1 Å². The largest absolute Gasteiger partial charge is 0.461 e. The van der Waals surface area contributed by atoms with E-state index in [1.165, 1.54) is 18.2 Å². The third-order valence-electron chi connectivity index (χ3n) is 3.76. The molecule has 142 valence electrons. The highest BCUT2D eigenvalue weighted by atomic mass is 35.5. The van der Waals surface area contributed by atoms with Gasteiger partial charge in [-0.25, -0.2) is 9.18 Å². The van der Waals surface area contributed by atoms with Crippen LogP contribution in [-0.2, 0) is 10.9 Å². The molecule has 0 aliphatic rings. The lowest BCUT2D eigenvalue weighted by Gasteiger charge is -2.13. The third-order valence-corrected chi connectivity index (χ3v) is 4.05. The van der Waals surface area contributed by atoms with Gasteiger partial charge in [0.05, 0.1) is 17.2 Å². The van der Waals surface area contributed by atoms with Gasteiger partial charge >= 0.3 is 12.1 Å². The van der Waals surface area contributed by atoms with E-state index in [4.69, 9.17) is 16.3 Å². The Morgan fingerprint density at radius 2 is 1.96 bits per heavy atom. The minimum Gasteiger partial charge on any atom is -0.461 e. The second kappa shape index (κ2) is 7.11. The number of carbonyl (C=O) groups is 1. The molecular formula is C18H13ClF4N2O2. The summed E-state index contributed by atoms with van der Waals surface area (Å²) in [6.45, 7) is 1.74. The molecule has 9 heteroatoms. The number of fused-ring (bicyclic) bond motifs is 1. The predicted molar refractivity (Wildman–Crippen MR) is 93.9 cm³/mol. The maximum Gasteiger partial charge on any atom is 0.416 e. The zero-order chi connectivity index (χ0) is 19.8. The first kappa shape index (κ1) is 19.0. The molecule has 3 rings (SSSR count). The lowest BCUT2D eigenvalue weighted by atomic mass is 10.1. The van der Waals surface area contributed by atoms with Crippen molar-refractivity contribution in [2.75, 3.05) is 11.9 Å². The van der Waals surface area contributed by atoms with Gasteiger partial charge < -0.3 is 15.0 Å². The Balaban J connectivity index is 2.12. The van der Waals surface area contributed by atoms with Gasteiger partial charge in [-0.3, -0.25) is 0 Å². The molecular weight excluding hydrogens is 388 g/mol. The van der Waals surface area contributed by atoms with Gasteiger partial charge in [-0.2, -0.15) is 13.2 Å². The SMILES string of the molecule is CCOC(=O)c1cc2c(Nc3ccc(F)c(Cl)c3)cc(C(F)(F)F)cc2[nH]1. The number of nitrogens with one attached hydrogen (secondary N) is 2. The Morgan fingerprint density at radius 3 is 2.59 bits per heavy atom. The number of benzene rings is 2. The van der Waals surface area contributed by atoms with Crippen LogP contribution in [0.1, 0.15) is 23.0 Å². The van der Waals surface area contributed by atoms with Crippen molar-refractivity contribution >= 4 is 39.8 Å². The van der Waals surface area contributed by atoms with E-state index < -0.39 is 23.5 Å². The summed E-state index contributed by atoms with van der Waals surface area (Å²) in [5, 5.41) is 2.95. The highest BCUT2D eigenvalue weighted by Crippen LogP contribution is 2.37. The molecule has 0 atom stereocenters. The second-order valence-electron chi connectivity index (χ2n) is 5.64. The van der Waals surface area contributed by atoms with E-state index in [0.717, 1.165) is 18.2 Å². The van der Waals surface area contributed by atoms with E-state index in [9.17, 15) is 22.4 Å². The number of carbonyl (C=O) groups excluding carboxylic acids is 1. The highest BCUT2D eigenvalue weighted by Gasteiger charge is 2.32. The zero-order valence-corrected chi connectivity index (χ0v) is 14.6. The molecule has 0 unspecified atom stereocenters. The summed E-state index contributed by atoms with van der Waals surface area (Å²) in [7, 11) is 0. The first-order valence-corrected chi connectivity index (χ1v) is 8.20. The molecule has 0 aliphatic carbocycles. The van der Waals surface area contributed by atoms with E-state index in [1.54, 1.807) is 6.92 Å². The molecule has 27 heavy (non-hydrogen) atoms. The Bertz CT molecular complexity index is 1010. The van der Waals surface area contributed by atoms with Crippen molar-refractivity contribution < 1.29 is 27.1 Å². The molecule has 0 radical (unpaired) electrons. The maximum absolute atomic E-state index is 13.3. The van der Waals surface area contributed by atoms with Gasteiger partial charge in [-0.15, -0.1) is 0 Å². The summed E-state index contributed by atoms with van der Waals surface area (Å²) < 4.78 is 57.9. The maximum atomic E-state index is 13.3. The van der Waals surface area contributed by atoms with E-state index in [1.807, 2.05) is 0 Å². The van der Waals surface area contributed by atoms with Crippen LogP contribution in [0.3, 0.4) is 0 Å². The summed E-state index contributed by atoms with van der Waals surface area (Å²) in [5.41, 5.74) is -0.423. The number of rotatable bonds is 4. The topological polar surface area (TPSA) is 54.1 Å². The van der Waals surface area contributed by atoms with Crippen LogP contribution in [0, 0.1) is 5.82 Å². The first-order valence-electron chi connectivity index (χ1n) is 7.82. The molecule has 0 spiro atoms. The van der Waals surface area contributed by atoms with Crippen LogP contribution in [0.4, 0.5) is 28.9 Å². The Kier molecular flexibility index (Phi) is 5.01. The van der Waals surface area contributed by atoms with Gasteiger partial charge in [0.1, 0.15) is 11.5 Å². The molecule has 2 N–H and O–H groups in total.